The molecule has 6 nitrogen and oxygen atoms in total. The number of aryl methyl sites for hydroxylation is 1. The van der Waals surface area contributed by atoms with Crippen molar-refractivity contribution in [1.29, 1.82) is 0 Å². The molecule has 1 fully saturated rings. The van der Waals surface area contributed by atoms with E-state index in [0.29, 0.717) is 6.54 Å². The van der Waals surface area contributed by atoms with Crippen molar-refractivity contribution in [2.24, 2.45) is 5.92 Å². The fourth-order valence-electron chi connectivity index (χ4n) is 2.82. The Hall–Kier alpha value is -2.70. The van der Waals surface area contributed by atoms with E-state index < -0.39 is 11.7 Å². The average Bonchev–Trinajstić information content (AvgIpc) is 3.22. The number of nitrogens with one attached hydrogen (secondary N) is 1. The smallest absolute Gasteiger partial charge is 0.227 e. The molecule has 0 saturated carbocycles. The molecule has 1 aliphatic heterocycles. The SMILES string of the molecule is O=C(NCCCn1cccn1)C1CC(=O)N(c2ccccc2F)C1. The molecule has 1 aromatic heterocycles. The average molecular weight is 330 g/mol. The lowest BCUT2D eigenvalue weighted by atomic mass is 10.1. The zero-order chi connectivity index (χ0) is 16.9. The molecule has 1 saturated heterocycles. The molecule has 7 heteroatoms. The highest BCUT2D eigenvalue weighted by atomic mass is 19.1. The van der Waals surface area contributed by atoms with Gasteiger partial charge in [0, 0.05) is 38.4 Å². The molecule has 1 unspecified atom stereocenters. The van der Waals surface area contributed by atoms with E-state index in [9.17, 15) is 14.0 Å². The molecular formula is C17H19FN4O2. The second-order valence-electron chi connectivity index (χ2n) is 5.77. The van der Waals surface area contributed by atoms with Crippen LogP contribution in [0.15, 0.2) is 42.7 Å². The first kappa shape index (κ1) is 16.2. The van der Waals surface area contributed by atoms with Gasteiger partial charge >= 0.3 is 0 Å². The number of aromatic nitrogens is 2. The summed E-state index contributed by atoms with van der Waals surface area (Å²) < 4.78 is 15.6. The van der Waals surface area contributed by atoms with E-state index in [1.54, 1.807) is 29.1 Å². The number of carbonyl (C=O) groups is 2. The van der Waals surface area contributed by atoms with Crippen LogP contribution in [0.1, 0.15) is 12.8 Å². The van der Waals surface area contributed by atoms with Crippen LogP contribution in [-0.2, 0) is 16.1 Å². The summed E-state index contributed by atoms with van der Waals surface area (Å²) in [6.07, 6.45) is 4.44. The lowest BCUT2D eigenvalue weighted by Crippen LogP contribution is -2.34. The van der Waals surface area contributed by atoms with E-state index in [-0.39, 0.29) is 30.5 Å². The fourth-order valence-corrected chi connectivity index (χ4v) is 2.82. The van der Waals surface area contributed by atoms with E-state index >= 15 is 0 Å². The Morgan fingerprint density at radius 3 is 2.92 bits per heavy atom. The van der Waals surface area contributed by atoms with Crippen LogP contribution >= 0.6 is 0 Å². The highest BCUT2D eigenvalue weighted by molar-refractivity contribution is 6.00. The topological polar surface area (TPSA) is 67.2 Å². The lowest BCUT2D eigenvalue weighted by molar-refractivity contribution is -0.126. The summed E-state index contributed by atoms with van der Waals surface area (Å²) in [5.74, 6) is -1.28. The summed E-state index contributed by atoms with van der Waals surface area (Å²) in [5.41, 5.74) is 0.233. The molecule has 2 amide bonds. The maximum absolute atomic E-state index is 13.8. The van der Waals surface area contributed by atoms with E-state index in [0.717, 1.165) is 13.0 Å². The fraction of sp³-hybridized carbons (Fsp3) is 0.353. The van der Waals surface area contributed by atoms with Gasteiger partial charge < -0.3 is 10.2 Å². The number of carbonyl (C=O) groups excluding carboxylic acids is 2. The summed E-state index contributed by atoms with van der Waals surface area (Å²) >= 11 is 0. The van der Waals surface area contributed by atoms with Gasteiger partial charge in [-0.25, -0.2) is 4.39 Å². The van der Waals surface area contributed by atoms with Gasteiger partial charge in [-0.2, -0.15) is 5.10 Å². The van der Waals surface area contributed by atoms with Crippen molar-refractivity contribution < 1.29 is 14.0 Å². The van der Waals surface area contributed by atoms with Crippen molar-refractivity contribution in [2.75, 3.05) is 18.0 Å². The molecule has 24 heavy (non-hydrogen) atoms. The standard InChI is InChI=1S/C17H19FN4O2/c18-14-5-1-2-6-15(14)22-12-13(11-16(22)23)17(24)19-7-3-9-21-10-4-8-20-21/h1-2,4-6,8,10,13H,3,7,9,11-12H2,(H,19,24). The number of hydrogen-bond donors (Lipinski definition) is 1. The molecule has 3 rings (SSSR count). The van der Waals surface area contributed by atoms with Crippen molar-refractivity contribution in [1.82, 2.24) is 15.1 Å². The Morgan fingerprint density at radius 1 is 1.33 bits per heavy atom. The molecule has 1 N–H and O–H groups in total. The van der Waals surface area contributed by atoms with E-state index in [1.165, 1.54) is 11.0 Å². The number of para-hydroxylation sites is 1. The number of nitrogens with zero attached hydrogens (tertiary/aromatic N) is 3. The predicted molar refractivity (Wildman–Crippen MR) is 86.7 cm³/mol. The number of anilines is 1. The van der Waals surface area contributed by atoms with Gasteiger partial charge in [-0.3, -0.25) is 14.3 Å². The minimum Gasteiger partial charge on any atom is -0.356 e. The van der Waals surface area contributed by atoms with Gasteiger partial charge in [0.25, 0.3) is 0 Å². The van der Waals surface area contributed by atoms with Gasteiger partial charge in [0.2, 0.25) is 11.8 Å². The second-order valence-corrected chi connectivity index (χ2v) is 5.77. The molecule has 1 atom stereocenters. The molecule has 2 heterocycles. The predicted octanol–water partition coefficient (Wildman–Crippen LogP) is 1.58. The maximum atomic E-state index is 13.8. The normalized spacial score (nSPS) is 17.3. The summed E-state index contributed by atoms with van der Waals surface area (Å²) in [5, 5.41) is 6.93. The third kappa shape index (κ3) is 3.61. The zero-order valence-corrected chi connectivity index (χ0v) is 13.2. The molecular weight excluding hydrogens is 311 g/mol. The van der Waals surface area contributed by atoms with Crippen molar-refractivity contribution in [3.8, 4) is 0 Å². The summed E-state index contributed by atoms with van der Waals surface area (Å²) in [7, 11) is 0. The number of rotatable bonds is 6. The molecule has 0 bridgehead atoms. The van der Waals surface area contributed by atoms with E-state index in [2.05, 4.69) is 10.4 Å². The van der Waals surface area contributed by atoms with Crippen molar-refractivity contribution in [2.45, 2.75) is 19.4 Å². The van der Waals surface area contributed by atoms with Gasteiger partial charge in [0.05, 0.1) is 11.6 Å². The van der Waals surface area contributed by atoms with Crippen LogP contribution in [0, 0.1) is 11.7 Å². The molecule has 0 aliphatic carbocycles. The van der Waals surface area contributed by atoms with E-state index in [1.807, 2.05) is 12.3 Å². The number of benzene rings is 1. The number of hydrogen-bond acceptors (Lipinski definition) is 3. The largest absolute Gasteiger partial charge is 0.356 e. The Bertz CT molecular complexity index is 717. The highest BCUT2D eigenvalue weighted by Crippen LogP contribution is 2.27. The summed E-state index contributed by atoms with van der Waals surface area (Å²) in [4.78, 5) is 25.7. The molecule has 1 aliphatic rings. The van der Waals surface area contributed by atoms with Crippen LogP contribution in [0.3, 0.4) is 0 Å². The number of halogens is 1. The Balaban J connectivity index is 1.50. The quantitative estimate of drug-likeness (QED) is 0.818. The van der Waals surface area contributed by atoms with Crippen LogP contribution < -0.4 is 10.2 Å². The summed E-state index contributed by atoms with van der Waals surface area (Å²) in [6.45, 7) is 1.45. The molecule has 0 spiro atoms. The third-order valence-corrected chi connectivity index (χ3v) is 4.06. The van der Waals surface area contributed by atoms with Crippen LogP contribution in [0.4, 0.5) is 10.1 Å². The minimum absolute atomic E-state index is 0.110. The zero-order valence-electron chi connectivity index (χ0n) is 13.2. The third-order valence-electron chi connectivity index (χ3n) is 4.06. The summed E-state index contributed by atoms with van der Waals surface area (Å²) in [6, 6.07) is 7.96. The first-order valence-electron chi connectivity index (χ1n) is 7.95. The molecule has 2 aromatic rings. The molecule has 1 aromatic carbocycles. The van der Waals surface area contributed by atoms with Crippen molar-refractivity contribution in [3.05, 3.63) is 48.5 Å². The monoisotopic (exact) mass is 330 g/mol. The van der Waals surface area contributed by atoms with Crippen LogP contribution in [0.2, 0.25) is 0 Å². The van der Waals surface area contributed by atoms with Gasteiger partial charge in [-0.15, -0.1) is 0 Å². The van der Waals surface area contributed by atoms with Gasteiger partial charge in [0.15, 0.2) is 0 Å². The Labute approximate surface area is 139 Å². The van der Waals surface area contributed by atoms with Gasteiger partial charge in [-0.05, 0) is 24.6 Å². The van der Waals surface area contributed by atoms with Crippen molar-refractivity contribution in [3.63, 3.8) is 0 Å². The lowest BCUT2D eigenvalue weighted by Gasteiger charge is -2.17. The van der Waals surface area contributed by atoms with Crippen molar-refractivity contribution >= 4 is 17.5 Å². The first-order chi connectivity index (χ1) is 11.6. The van der Waals surface area contributed by atoms with Crippen LogP contribution in [0.25, 0.3) is 0 Å². The first-order valence-corrected chi connectivity index (χ1v) is 7.95. The highest BCUT2D eigenvalue weighted by Gasteiger charge is 2.35. The molecule has 0 radical (unpaired) electrons. The second kappa shape index (κ2) is 7.25. The Kier molecular flexibility index (Phi) is 4.88. The van der Waals surface area contributed by atoms with Gasteiger partial charge in [0.1, 0.15) is 5.82 Å². The number of amides is 2. The van der Waals surface area contributed by atoms with Crippen LogP contribution in [-0.4, -0.2) is 34.7 Å². The van der Waals surface area contributed by atoms with Gasteiger partial charge in [-0.1, -0.05) is 12.1 Å². The molecule has 126 valence electrons. The Morgan fingerprint density at radius 2 is 2.17 bits per heavy atom. The van der Waals surface area contributed by atoms with Crippen LogP contribution in [0.5, 0.6) is 0 Å². The maximum Gasteiger partial charge on any atom is 0.227 e. The van der Waals surface area contributed by atoms with E-state index in [4.69, 9.17) is 0 Å². The minimum atomic E-state index is -0.453.